The Morgan fingerprint density at radius 2 is 2.25 bits per heavy atom. The monoisotopic (exact) mass is 330 g/mol. The van der Waals surface area contributed by atoms with E-state index in [1.807, 2.05) is 6.92 Å². The Hall–Kier alpha value is -2.05. The number of urea groups is 1. The SMILES string of the molecule is CCNC(=O)NCC[C@H]1CN(Cc2cc3ccccc3[nH]2)CCO1. The van der Waals surface area contributed by atoms with Crippen molar-refractivity contribution in [3.05, 3.63) is 36.0 Å². The molecule has 24 heavy (non-hydrogen) atoms. The van der Waals surface area contributed by atoms with Crippen molar-refractivity contribution in [2.24, 2.45) is 0 Å². The first-order valence-electron chi connectivity index (χ1n) is 8.67. The lowest BCUT2D eigenvalue weighted by Gasteiger charge is -2.32. The molecule has 0 spiro atoms. The van der Waals surface area contributed by atoms with Crippen LogP contribution in [-0.4, -0.2) is 54.8 Å². The van der Waals surface area contributed by atoms with Crippen LogP contribution in [0.4, 0.5) is 4.79 Å². The van der Waals surface area contributed by atoms with Crippen LogP contribution in [0.2, 0.25) is 0 Å². The average molecular weight is 330 g/mol. The Bertz CT molecular complexity index is 637. The number of hydrogen-bond donors (Lipinski definition) is 3. The summed E-state index contributed by atoms with van der Waals surface area (Å²) in [5.74, 6) is 0. The van der Waals surface area contributed by atoms with Gasteiger partial charge in [-0.05, 0) is 30.9 Å². The molecule has 2 aromatic rings. The second-order valence-corrected chi connectivity index (χ2v) is 6.18. The number of benzene rings is 1. The fourth-order valence-corrected chi connectivity index (χ4v) is 3.13. The van der Waals surface area contributed by atoms with E-state index < -0.39 is 0 Å². The molecule has 1 fully saturated rings. The number of nitrogens with one attached hydrogen (secondary N) is 3. The summed E-state index contributed by atoms with van der Waals surface area (Å²) in [6.07, 6.45) is 1.01. The number of amides is 2. The van der Waals surface area contributed by atoms with Gasteiger partial charge in [0, 0.05) is 43.9 Å². The average Bonchev–Trinajstić information content (AvgIpc) is 2.97. The Kier molecular flexibility index (Phi) is 5.72. The molecule has 0 bridgehead atoms. The van der Waals surface area contributed by atoms with Gasteiger partial charge in [0.05, 0.1) is 12.7 Å². The number of morpholine rings is 1. The van der Waals surface area contributed by atoms with E-state index in [1.54, 1.807) is 0 Å². The number of rotatable bonds is 6. The van der Waals surface area contributed by atoms with Gasteiger partial charge in [0.1, 0.15) is 0 Å². The molecule has 1 aromatic heterocycles. The number of nitrogens with zero attached hydrogens (tertiary/aromatic N) is 1. The highest BCUT2D eigenvalue weighted by molar-refractivity contribution is 5.80. The van der Waals surface area contributed by atoms with Crippen LogP contribution in [0.25, 0.3) is 10.9 Å². The number of hydrogen-bond acceptors (Lipinski definition) is 3. The number of aromatic nitrogens is 1. The highest BCUT2D eigenvalue weighted by atomic mass is 16.5. The number of H-pyrrole nitrogens is 1. The predicted molar refractivity (Wildman–Crippen MR) is 95.0 cm³/mol. The second kappa shape index (κ2) is 8.17. The molecule has 0 radical (unpaired) electrons. The fourth-order valence-electron chi connectivity index (χ4n) is 3.13. The zero-order chi connectivity index (χ0) is 16.8. The zero-order valence-corrected chi connectivity index (χ0v) is 14.2. The molecule has 2 amide bonds. The molecule has 1 aliphatic heterocycles. The Morgan fingerprint density at radius 3 is 3.08 bits per heavy atom. The van der Waals surface area contributed by atoms with E-state index in [9.17, 15) is 4.79 Å². The molecule has 0 unspecified atom stereocenters. The quantitative estimate of drug-likeness (QED) is 0.759. The largest absolute Gasteiger partial charge is 0.375 e. The van der Waals surface area contributed by atoms with Gasteiger partial charge >= 0.3 is 6.03 Å². The summed E-state index contributed by atoms with van der Waals surface area (Å²) >= 11 is 0. The molecule has 0 aliphatic carbocycles. The number of para-hydroxylation sites is 1. The molecule has 2 heterocycles. The topological polar surface area (TPSA) is 69.4 Å². The minimum Gasteiger partial charge on any atom is -0.375 e. The lowest BCUT2D eigenvalue weighted by atomic mass is 10.2. The van der Waals surface area contributed by atoms with Crippen molar-refractivity contribution in [1.29, 1.82) is 0 Å². The fraction of sp³-hybridized carbons (Fsp3) is 0.500. The standard InChI is InChI=1S/C18H26N4O2/c1-2-19-18(23)20-8-7-16-13-22(9-10-24-16)12-15-11-14-5-3-4-6-17(14)21-15/h3-6,11,16,21H,2,7-10,12-13H2,1H3,(H2,19,20,23)/t16-/m0/s1. The Balaban J connectivity index is 1.47. The number of carbonyl (C=O) groups excluding carboxylic acids is 1. The zero-order valence-electron chi connectivity index (χ0n) is 14.2. The number of fused-ring (bicyclic) bond motifs is 1. The van der Waals surface area contributed by atoms with Crippen LogP contribution in [0.5, 0.6) is 0 Å². The van der Waals surface area contributed by atoms with Gasteiger partial charge < -0.3 is 20.4 Å². The molecular formula is C18H26N4O2. The van der Waals surface area contributed by atoms with Gasteiger partial charge in [0.25, 0.3) is 0 Å². The summed E-state index contributed by atoms with van der Waals surface area (Å²) in [5, 5.41) is 6.84. The van der Waals surface area contributed by atoms with Crippen molar-refractivity contribution in [3.63, 3.8) is 0 Å². The summed E-state index contributed by atoms with van der Waals surface area (Å²) in [7, 11) is 0. The van der Waals surface area contributed by atoms with Crippen LogP contribution in [-0.2, 0) is 11.3 Å². The van der Waals surface area contributed by atoms with E-state index in [1.165, 1.54) is 16.6 Å². The highest BCUT2D eigenvalue weighted by Crippen LogP contribution is 2.17. The van der Waals surface area contributed by atoms with Crippen LogP contribution in [0.1, 0.15) is 19.0 Å². The molecule has 6 heteroatoms. The third-order valence-corrected chi connectivity index (χ3v) is 4.29. The third-order valence-electron chi connectivity index (χ3n) is 4.29. The van der Waals surface area contributed by atoms with Crippen molar-refractivity contribution in [1.82, 2.24) is 20.5 Å². The first-order chi connectivity index (χ1) is 11.7. The smallest absolute Gasteiger partial charge is 0.314 e. The molecular weight excluding hydrogens is 304 g/mol. The highest BCUT2D eigenvalue weighted by Gasteiger charge is 2.20. The van der Waals surface area contributed by atoms with Gasteiger partial charge in [-0.3, -0.25) is 4.90 Å². The van der Waals surface area contributed by atoms with Crippen molar-refractivity contribution >= 4 is 16.9 Å². The van der Waals surface area contributed by atoms with Gasteiger partial charge in [-0.2, -0.15) is 0 Å². The maximum Gasteiger partial charge on any atom is 0.314 e. The minimum atomic E-state index is -0.108. The molecule has 3 rings (SSSR count). The first-order valence-corrected chi connectivity index (χ1v) is 8.67. The van der Waals surface area contributed by atoms with Crippen molar-refractivity contribution < 1.29 is 9.53 Å². The van der Waals surface area contributed by atoms with Gasteiger partial charge in [-0.25, -0.2) is 4.79 Å². The minimum absolute atomic E-state index is 0.108. The second-order valence-electron chi connectivity index (χ2n) is 6.18. The molecule has 130 valence electrons. The molecule has 1 saturated heterocycles. The predicted octanol–water partition coefficient (Wildman–Crippen LogP) is 2.08. The van der Waals surface area contributed by atoms with Crippen molar-refractivity contribution in [2.75, 3.05) is 32.8 Å². The number of carbonyl (C=O) groups is 1. The maximum absolute atomic E-state index is 11.4. The van der Waals surface area contributed by atoms with Crippen molar-refractivity contribution in [2.45, 2.75) is 26.0 Å². The van der Waals surface area contributed by atoms with E-state index >= 15 is 0 Å². The van der Waals surface area contributed by atoms with Crippen LogP contribution in [0.15, 0.2) is 30.3 Å². The summed E-state index contributed by atoms with van der Waals surface area (Å²) in [6.45, 7) is 6.67. The first kappa shape index (κ1) is 16.8. The normalized spacial score (nSPS) is 18.6. The van der Waals surface area contributed by atoms with E-state index in [2.05, 4.69) is 50.8 Å². The van der Waals surface area contributed by atoms with Gasteiger partial charge in [0.15, 0.2) is 0 Å². The molecule has 0 saturated carbocycles. The van der Waals surface area contributed by atoms with E-state index in [0.717, 1.165) is 32.7 Å². The molecule has 6 nitrogen and oxygen atoms in total. The summed E-state index contributed by atoms with van der Waals surface area (Å²) in [4.78, 5) is 17.3. The van der Waals surface area contributed by atoms with Crippen LogP contribution in [0.3, 0.4) is 0 Å². The van der Waals surface area contributed by atoms with Crippen LogP contribution >= 0.6 is 0 Å². The van der Waals surface area contributed by atoms with Crippen molar-refractivity contribution in [3.8, 4) is 0 Å². The Labute approximate surface area is 142 Å². The van der Waals surface area contributed by atoms with E-state index in [4.69, 9.17) is 4.74 Å². The van der Waals surface area contributed by atoms with E-state index in [-0.39, 0.29) is 12.1 Å². The molecule has 1 aromatic carbocycles. The molecule has 3 N–H and O–H groups in total. The number of aromatic amines is 1. The summed E-state index contributed by atoms with van der Waals surface area (Å²) < 4.78 is 5.82. The third kappa shape index (κ3) is 4.49. The van der Waals surface area contributed by atoms with Crippen LogP contribution in [0, 0.1) is 0 Å². The van der Waals surface area contributed by atoms with Crippen LogP contribution < -0.4 is 10.6 Å². The summed E-state index contributed by atoms with van der Waals surface area (Å²) in [6, 6.07) is 10.5. The lowest BCUT2D eigenvalue weighted by Crippen LogP contribution is -2.44. The summed E-state index contributed by atoms with van der Waals surface area (Å²) in [5.41, 5.74) is 2.42. The lowest BCUT2D eigenvalue weighted by molar-refractivity contribution is -0.0343. The molecule has 1 atom stereocenters. The Morgan fingerprint density at radius 1 is 1.38 bits per heavy atom. The number of ether oxygens (including phenoxy) is 1. The maximum atomic E-state index is 11.4. The molecule has 1 aliphatic rings. The van der Waals surface area contributed by atoms with Gasteiger partial charge in [-0.15, -0.1) is 0 Å². The van der Waals surface area contributed by atoms with Gasteiger partial charge in [-0.1, -0.05) is 18.2 Å². The van der Waals surface area contributed by atoms with Gasteiger partial charge in [0.2, 0.25) is 0 Å². The van der Waals surface area contributed by atoms with E-state index in [0.29, 0.717) is 13.1 Å².